The number of ether oxygens (including phenoxy) is 1. The fourth-order valence-electron chi connectivity index (χ4n) is 9.46. The summed E-state index contributed by atoms with van der Waals surface area (Å²) in [5.74, 6) is 2.08. The molecule has 1 N–H and O–H groups in total. The van der Waals surface area contributed by atoms with Gasteiger partial charge in [0.1, 0.15) is 11.3 Å². The van der Waals surface area contributed by atoms with Gasteiger partial charge in [0, 0.05) is 61.0 Å². The first-order valence-electron chi connectivity index (χ1n) is 18.5. The van der Waals surface area contributed by atoms with Gasteiger partial charge in [-0.25, -0.2) is 4.98 Å². The number of anilines is 2. The van der Waals surface area contributed by atoms with Crippen LogP contribution in [0.1, 0.15) is 56.1 Å². The Balaban J connectivity index is 1.21. The summed E-state index contributed by atoms with van der Waals surface area (Å²) >= 11 is 0. The topological polar surface area (TPSA) is 93.7 Å². The third-order valence-electron chi connectivity index (χ3n) is 12.9. The molecule has 1 atom stereocenters. The number of hydrogen-bond acceptors (Lipinski definition) is 8. The number of likely N-dealkylation sites (tertiary alicyclic amines) is 2. The van der Waals surface area contributed by atoms with Gasteiger partial charge < -0.3 is 19.4 Å². The second-order valence-electron chi connectivity index (χ2n) is 16.1. The number of halogens is 3. The predicted molar refractivity (Wildman–Crippen MR) is 195 cm³/mol. The molecule has 4 saturated heterocycles. The first kappa shape index (κ1) is 33.4. The van der Waals surface area contributed by atoms with Gasteiger partial charge in [-0.2, -0.15) is 23.3 Å². The molecule has 9 rings (SSSR count). The zero-order chi connectivity index (χ0) is 36.2. The van der Waals surface area contributed by atoms with E-state index in [2.05, 4.69) is 51.5 Å². The van der Waals surface area contributed by atoms with Crippen molar-refractivity contribution in [1.29, 1.82) is 0 Å². The smallest absolute Gasteiger partial charge is 0.422 e. The number of hydrogen-bond donors (Lipinski definition) is 1. The molecule has 1 aliphatic carbocycles. The standard InChI is InChI=1S/C39H45F3N8O2/c1-5-30(51)49-18-37(19-49)11-14-48(15-12-37)35-27-16-26(25-7-8-25)32(31-23(2)6-9-29-28(31)17-43-46-29)34(52-22-39(40,41)42)33(27)44-36(45-35)50-20-38(21-50)24(3)10-13-47(38)4/h5-6,9,16-17,24-25H,1,7-8,10-15,18-22H2,2-4H3,(H,43,46)/t24-/m1/s1. The average molecular weight is 715 g/mol. The molecule has 2 spiro atoms. The summed E-state index contributed by atoms with van der Waals surface area (Å²) < 4.78 is 48.3. The van der Waals surface area contributed by atoms with Gasteiger partial charge in [-0.3, -0.25) is 14.8 Å². The Kier molecular flexibility index (Phi) is 7.60. The molecule has 6 heterocycles. The largest absolute Gasteiger partial charge is 0.481 e. The van der Waals surface area contributed by atoms with E-state index in [1.807, 2.05) is 24.0 Å². The van der Waals surface area contributed by atoms with Gasteiger partial charge in [0.15, 0.2) is 12.4 Å². The molecule has 5 fully saturated rings. The molecule has 2 aromatic carbocycles. The Bertz CT molecular complexity index is 2070. The number of carbonyl (C=O) groups is 1. The number of piperidine rings is 1. The van der Waals surface area contributed by atoms with Crippen molar-refractivity contribution in [3.8, 4) is 16.9 Å². The molecule has 4 aliphatic heterocycles. The Morgan fingerprint density at radius 3 is 2.44 bits per heavy atom. The van der Waals surface area contributed by atoms with Crippen LogP contribution in [0.5, 0.6) is 5.75 Å². The van der Waals surface area contributed by atoms with Crippen LogP contribution >= 0.6 is 0 Å². The van der Waals surface area contributed by atoms with Crippen LogP contribution in [0.15, 0.2) is 37.1 Å². The third-order valence-corrected chi connectivity index (χ3v) is 12.9. The second-order valence-corrected chi connectivity index (χ2v) is 16.1. The van der Waals surface area contributed by atoms with Gasteiger partial charge in [0.05, 0.1) is 17.3 Å². The highest BCUT2D eigenvalue weighted by Gasteiger charge is 2.54. The first-order chi connectivity index (χ1) is 24.9. The molecule has 0 bridgehead atoms. The molecule has 2 aromatic heterocycles. The molecule has 1 saturated carbocycles. The van der Waals surface area contributed by atoms with E-state index in [0.717, 1.165) is 104 Å². The number of aromatic nitrogens is 4. The number of aryl methyl sites for hydroxylation is 1. The number of nitrogens with zero attached hydrogens (tertiary/aromatic N) is 7. The maximum absolute atomic E-state index is 14.1. The lowest BCUT2D eigenvalue weighted by molar-refractivity contribution is -0.153. The Labute approximate surface area is 301 Å². The monoisotopic (exact) mass is 714 g/mol. The normalized spacial score (nSPS) is 22.7. The molecule has 5 aliphatic rings. The highest BCUT2D eigenvalue weighted by atomic mass is 19.4. The number of benzene rings is 2. The number of nitrogens with one attached hydrogen (secondary N) is 1. The zero-order valence-corrected chi connectivity index (χ0v) is 30.0. The Hall–Kier alpha value is -4.39. The minimum atomic E-state index is -4.55. The van der Waals surface area contributed by atoms with Gasteiger partial charge in [0.2, 0.25) is 11.9 Å². The lowest BCUT2D eigenvalue weighted by Gasteiger charge is -2.54. The van der Waals surface area contributed by atoms with Crippen molar-refractivity contribution in [2.24, 2.45) is 11.3 Å². The highest BCUT2D eigenvalue weighted by Crippen LogP contribution is 2.54. The van der Waals surface area contributed by atoms with Crippen molar-refractivity contribution < 1.29 is 22.7 Å². The van der Waals surface area contributed by atoms with Crippen LogP contribution in [0.25, 0.3) is 32.9 Å². The van der Waals surface area contributed by atoms with E-state index < -0.39 is 12.8 Å². The molecule has 13 heteroatoms. The van der Waals surface area contributed by atoms with Crippen LogP contribution < -0.4 is 14.5 Å². The number of carbonyl (C=O) groups excluding carboxylic acids is 1. The summed E-state index contributed by atoms with van der Waals surface area (Å²) in [7, 11) is 2.18. The van der Waals surface area contributed by atoms with Gasteiger partial charge >= 0.3 is 6.18 Å². The van der Waals surface area contributed by atoms with E-state index in [-0.39, 0.29) is 28.5 Å². The van der Waals surface area contributed by atoms with Crippen LogP contribution in [0, 0.1) is 18.3 Å². The minimum Gasteiger partial charge on any atom is -0.481 e. The summed E-state index contributed by atoms with van der Waals surface area (Å²) in [4.78, 5) is 31.4. The SMILES string of the molecule is C=CC(=O)N1CC2(CCN(c3nc(N4CC5(C4)[C@H](C)CCN5C)nc4c(OCC(F)(F)F)c(-c5c(C)ccc6[nH]ncc56)c(C5CC5)cc34)CC2)C1. The fraction of sp³-hybridized carbons (Fsp3) is 0.538. The second kappa shape index (κ2) is 11.8. The van der Waals surface area contributed by atoms with Crippen LogP contribution in [-0.2, 0) is 4.79 Å². The van der Waals surface area contributed by atoms with Crippen LogP contribution in [0.3, 0.4) is 0 Å². The average Bonchev–Trinajstić information content (AvgIpc) is 3.75. The summed E-state index contributed by atoms with van der Waals surface area (Å²) in [5, 5.41) is 8.90. The lowest BCUT2D eigenvalue weighted by Crippen LogP contribution is -2.70. The molecule has 0 radical (unpaired) electrons. The predicted octanol–water partition coefficient (Wildman–Crippen LogP) is 6.45. The van der Waals surface area contributed by atoms with E-state index in [0.29, 0.717) is 36.0 Å². The van der Waals surface area contributed by atoms with E-state index in [9.17, 15) is 18.0 Å². The molecule has 4 aromatic rings. The zero-order valence-electron chi connectivity index (χ0n) is 30.0. The van der Waals surface area contributed by atoms with Crippen LogP contribution in [0.2, 0.25) is 0 Å². The van der Waals surface area contributed by atoms with Crippen molar-refractivity contribution in [1.82, 2.24) is 30.0 Å². The van der Waals surface area contributed by atoms with Crippen molar-refractivity contribution >= 4 is 39.5 Å². The molecular formula is C39H45F3N8O2. The number of alkyl halides is 3. The lowest BCUT2D eigenvalue weighted by atomic mass is 9.72. The summed E-state index contributed by atoms with van der Waals surface area (Å²) in [5.41, 5.74) is 4.68. The van der Waals surface area contributed by atoms with Gasteiger partial charge in [-0.05, 0) is 99.4 Å². The van der Waals surface area contributed by atoms with Crippen molar-refractivity contribution in [3.05, 3.63) is 48.2 Å². The number of aromatic amines is 1. The minimum absolute atomic E-state index is 0.0274. The van der Waals surface area contributed by atoms with E-state index in [1.54, 1.807) is 6.20 Å². The summed E-state index contributed by atoms with van der Waals surface area (Å²) in [6, 6.07) is 6.07. The number of likely N-dealkylation sites (N-methyl/N-ethyl adjacent to an activating group) is 1. The van der Waals surface area contributed by atoms with Crippen molar-refractivity contribution in [2.45, 2.75) is 63.6 Å². The Morgan fingerprint density at radius 1 is 1.04 bits per heavy atom. The van der Waals surface area contributed by atoms with Gasteiger partial charge in [-0.1, -0.05) is 19.6 Å². The van der Waals surface area contributed by atoms with Gasteiger partial charge in [0.25, 0.3) is 0 Å². The van der Waals surface area contributed by atoms with E-state index in [1.165, 1.54) is 6.08 Å². The molecule has 0 unspecified atom stereocenters. The number of H-pyrrole nitrogens is 1. The molecule has 1 amide bonds. The maximum atomic E-state index is 14.1. The first-order valence-corrected chi connectivity index (χ1v) is 18.5. The Morgan fingerprint density at radius 2 is 1.79 bits per heavy atom. The summed E-state index contributed by atoms with van der Waals surface area (Å²) in [6.07, 6.45) is 3.36. The number of rotatable bonds is 7. The number of fused-ring (bicyclic) bond motifs is 2. The number of amides is 1. The highest BCUT2D eigenvalue weighted by molar-refractivity contribution is 6.06. The molecule has 274 valence electrons. The van der Waals surface area contributed by atoms with E-state index >= 15 is 0 Å². The van der Waals surface area contributed by atoms with Crippen LogP contribution in [-0.4, -0.2) is 107 Å². The van der Waals surface area contributed by atoms with Crippen molar-refractivity contribution in [3.63, 3.8) is 0 Å². The quantitative estimate of drug-likeness (QED) is 0.219. The molecular weight excluding hydrogens is 669 g/mol. The molecule has 52 heavy (non-hydrogen) atoms. The summed E-state index contributed by atoms with van der Waals surface area (Å²) in [6.45, 7) is 11.9. The maximum Gasteiger partial charge on any atom is 0.422 e. The van der Waals surface area contributed by atoms with E-state index in [4.69, 9.17) is 14.7 Å². The molecule has 10 nitrogen and oxygen atoms in total. The fourth-order valence-corrected chi connectivity index (χ4v) is 9.46. The van der Waals surface area contributed by atoms with Crippen molar-refractivity contribution in [2.75, 3.05) is 69.3 Å². The van der Waals surface area contributed by atoms with Crippen LogP contribution in [0.4, 0.5) is 24.9 Å². The van der Waals surface area contributed by atoms with Gasteiger partial charge in [-0.15, -0.1) is 0 Å². The third kappa shape index (κ3) is 5.32.